The van der Waals surface area contributed by atoms with Crippen molar-refractivity contribution in [3.05, 3.63) is 66.2 Å². The van der Waals surface area contributed by atoms with Gasteiger partial charge in [-0.25, -0.2) is 4.98 Å². The van der Waals surface area contributed by atoms with Crippen LogP contribution in [0.1, 0.15) is 18.4 Å². The molecule has 0 atom stereocenters. The van der Waals surface area contributed by atoms with E-state index in [1.165, 1.54) is 23.8 Å². The summed E-state index contributed by atoms with van der Waals surface area (Å²) in [7, 11) is 0. The fraction of sp³-hybridized carbons (Fsp3) is 0.360. The maximum atomic E-state index is 5.04. The van der Waals surface area contributed by atoms with E-state index >= 15 is 0 Å². The van der Waals surface area contributed by atoms with Crippen LogP contribution in [0.2, 0.25) is 0 Å². The Hall–Kier alpha value is -2.92. The number of piperazine rings is 1. The lowest BCUT2D eigenvalue weighted by molar-refractivity contribution is 0.283. The van der Waals surface area contributed by atoms with Crippen molar-refractivity contribution in [3.8, 4) is 0 Å². The topological polar surface area (TPSA) is 35.5 Å². The summed E-state index contributed by atoms with van der Waals surface area (Å²) in [6, 6.07) is 18.9. The van der Waals surface area contributed by atoms with Gasteiger partial charge in [0.15, 0.2) is 0 Å². The van der Waals surface area contributed by atoms with Crippen molar-refractivity contribution >= 4 is 28.7 Å². The van der Waals surface area contributed by atoms with E-state index in [1.54, 1.807) is 0 Å². The third-order valence-corrected chi connectivity index (χ3v) is 6.11. The molecule has 2 aliphatic heterocycles. The van der Waals surface area contributed by atoms with Crippen molar-refractivity contribution in [1.29, 1.82) is 0 Å². The third kappa shape index (κ3) is 4.17. The highest BCUT2D eigenvalue weighted by molar-refractivity contribution is 5.90. The molecule has 0 amide bonds. The molecule has 5 heteroatoms. The van der Waals surface area contributed by atoms with Gasteiger partial charge >= 0.3 is 0 Å². The number of aromatic nitrogens is 2. The number of benzene rings is 2. The Bertz CT molecular complexity index is 1000. The first-order valence-electron chi connectivity index (χ1n) is 11.1. The van der Waals surface area contributed by atoms with Crippen molar-refractivity contribution in [2.45, 2.75) is 12.8 Å². The van der Waals surface area contributed by atoms with Gasteiger partial charge in [-0.2, -0.15) is 4.98 Å². The molecule has 2 aromatic carbocycles. The largest absolute Gasteiger partial charge is 0.356 e. The maximum Gasteiger partial charge on any atom is 0.227 e. The van der Waals surface area contributed by atoms with E-state index in [0.29, 0.717) is 0 Å². The minimum atomic E-state index is 0.884. The van der Waals surface area contributed by atoms with Crippen LogP contribution in [0.25, 0.3) is 17.0 Å². The first kappa shape index (κ1) is 19.1. The lowest BCUT2D eigenvalue weighted by Gasteiger charge is -2.34. The second-order valence-electron chi connectivity index (χ2n) is 8.16. The SMILES string of the molecule is C(=C\c1ccccc1)/CN1CCN(c2nc(N3CCCC3)c3ccccc3n2)CC1. The van der Waals surface area contributed by atoms with Gasteiger partial charge in [0.25, 0.3) is 0 Å². The Morgan fingerprint density at radius 3 is 2.27 bits per heavy atom. The number of rotatable bonds is 5. The fourth-order valence-electron chi connectivity index (χ4n) is 4.39. The highest BCUT2D eigenvalue weighted by atomic mass is 15.3. The third-order valence-electron chi connectivity index (χ3n) is 6.11. The van der Waals surface area contributed by atoms with Gasteiger partial charge in [0.05, 0.1) is 5.52 Å². The van der Waals surface area contributed by atoms with Crippen molar-refractivity contribution in [1.82, 2.24) is 14.9 Å². The number of fused-ring (bicyclic) bond motifs is 1. The average molecular weight is 400 g/mol. The highest BCUT2D eigenvalue weighted by Crippen LogP contribution is 2.29. The number of hydrogen-bond acceptors (Lipinski definition) is 5. The van der Waals surface area contributed by atoms with Crippen LogP contribution in [0.4, 0.5) is 11.8 Å². The molecule has 3 heterocycles. The predicted molar refractivity (Wildman–Crippen MR) is 125 cm³/mol. The van der Waals surface area contributed by atoms with Crippen LogP contribution in [0.5, 0.6) is 0 Å². The van der Waals surface area contributed by atoms with Gasteiger partial charge in [0.2, 0.25) is 5.95 Å². The zero-order valence-electron chi connectivity index (χ0n) is 17.5. The second kappa shape index (κ2) is 8.84. The van der Waals surface area contributed by atoms with E-state index in [9.17, 15) is 0 Å². The molecule has 2 saturated heterocycles. The fourth-order valence-corrected chi connectivity index (χ4v) is 4.39. The molecule has 30 heavy (non-hydrogen) atoms. The summed E-state index contributed by atoms with van der Waals surface area (Å²) in [4.78, 5) is 17.2. The van der Waals surface area contributed by atoms with Gasteiger partial charge < -0.3 is 9.80 Å². The van der Waals surface area contributed by atoms with E-state index in [-0.39, 0.29) is 0 Å². The molecule has 2 aliphatic rings. The van der Waals surface area contributed by atoms with E-state index in [2.05, 4.69) is 81.4 Å². The quantitative estimate of drug-likeness (QED) is 0.646. The Balaban J connectivity index is 1.27. The number of nitrogens with zero attached hydrogens (tertiary/aromatic N) is 5. The lowest BCUT2D eigenvalue weighted by atomic mass is 10.2. The molecule has 0 N–H and O–H groups in total. The molecule has 0 spiro atoms. The van der Waals surface area contributed by atoms with E-state index in [1.807, 2.05) is 0 Å². The molecule has 0 bridgehead atoms. The van der Waals surface area contributed by atoms with Gasteiger partial charge in [0, 0.05) is 51.2 Å². The van der Waals surface area contributed by atoms with Crippen LogP contribution in [0, 0.1) is 0 Å². The van der Waals surface area contributed by atoms with E-state index < -0.39 is 0 Å². The summed E-state index contributed by atoms with van der Waals surface area (Å²) in [5.41, 5.74) is 2.31. The zero-order chi connectivity index (χ0) is 20.2. The minimum Gasteiger partial charge on any atom is -0.356 e. The molecular weight excluding hydrogens is 370 g/mol. The number of anilines is 2. The molecular formula is C25H29N5. The first-order chi connectivity index (χ1) is 14.9. The zero-order valence-corrected chi connectivity index (χ0v) is 17.5. The Labute approximate surface area is 178 Å². The molecule has 1 aromatic heterocycles. The van der Waals surface area contributed by atoms with Crippen molar-refractivity contribution < 1.29 is 0 Å². The smallest absolute Gasteiger partial charge is 0.227 e. The highest BCUT2D eigenvalue weighted by Gasteiger charge is 2.22. The van der Waals surface area contributed by atoms with E-state index in [0.717, 1.165) is 63.1 Å². The standard InChI is InChI=1S/C25H29N5/c1-2-9-21(10-3-1)11-8-14-28-17-19-30(20-18-28)25-26-23-13-5-4-12-22(23)24(27-25)29-15-6-7-16-29/h1-5,8-13H,6-7,14-20H2/b11-8+. The van der Waals surface area contributed by atoms with Crippen LogP contribution >= 0.6 is 0 Å². The lowest BCUT2D eigenvalue weighted by Crippen LogP contribution is -2.47. The number of para-hydroxylation sites is 1. The average Bonchev–Trinajstić information content (AvgIpc) is 3.34. The van der Waals surface area contributed by atoms with Gasteiger partial charge in [-0.1, -0.05) is 54.6 Å². The molecule has 5 nitrogen and oxygen atoms in total. The normalized spacial score (nSPS) is 18.0. The predicted octanol–water partition coefficient (Wildman–Crippen LogP) is 4.07. The van der Waals surface area contributed by atoms with Crippen molar-refractivity contribution in [2.75, 3.05) is 55.6 Å². The Morgan fingerprint density at radius 1 is 0.733 bits per heavy atom. The Morgan fingerprint density at radius 2 is 1.47 bits per heavy atom. The molecule has 0 radical (unpaired) electrons. The summed E-state index contributed by atoms with van der Waals surface area (Å²) in [5, 5.41) is 1.17. The molecule has 0 saturated carbocycles. The molecule has 5 rings (SSSR count). The Kier molecular flexibility index (Phi) is 5.62. The molecule has 154 valence electrons. The van der Waals surface area contributed by atoms with Crippen LogP contribution < -0.4 is 9.80 Å². The summed E-state index contributed by atoms with van der Waals surface area (Å²) in [5.74, 6) is 2.00. The summed E-state index contributed by atoms with van der Waals surface area (Å²) >= 11 is 0. The summed E-state index contributed by atoms with van der Waals surface area (Å²) in [6.07, 6.45) is 6.98. The van der Waals surface area contributed by atoms with Gasteiger partial charge in [-0.3, -0.25) is 4.90 Å². The van der Waals surface area contributed by atoms with Gasteiger partial charge in [-0.05, 0) is 30.5 Å². The monoisotopic (exact) mass is 399 g/mol. The summed E-state index contributed by atoms with van der Waals surface area (Å²) in [6.45, 7) is 7.20. The van der Waals surface area contributed by atoms with Crippen LogP contribution in [0.15, 0.2) is 60.7 Å². The van der Waals surface area contributed by atoms with Gasteiger partial charge in [0.1, 0.15) is 5.82 Å². The molecule has 3 aromatic rings. The molecule has 0 aliphatic carbocycles. The first-order valence-corrected chi connectivity index (χ1v) is 11.1. The van der Waals surface area contributed by atoms with Crippen LogP contribution in [-0.2, 0) is 0 Å². The second-order valence-corrected chi connectivity index (χ2v) is 8.16. The molecule has 0 unspecified atom stereocenters. The number of hydrogen-bond donors (Lipinski definition) is 0. The van der Waals surface area contributed by atoms with Crippen molar-refractivity contribution in [3.63, 3.8) is 0 Å². The van der Waals surface area contributed by atoms with Crippen LogP contribution in [-0.4, -0.2) is 60.7 Å². The van der Waals surface area contributed by atoms with Gasteiger partial charge in [-0.15, -0.1) is 0 Å². The van der Waals surface area contributed by atoms with Crippen LogP contribution in [0.3, 0.4) is 0 Å². The van der Waals surface area contributed by atoms with E-state index in [4.69, 9.17) is 9.97 Å². The minimum absolute atomic E-state index is 0.884. The molecule has 2 fully saturated rings. The van der Waals surface area contributed by atoms with Crippen molar-refractivity contribution in [2.24, 2.45) is 0 Å². The maximum absolute atomic E-state index is 5.04. The summed E-state index contributed by atoms with van der Waals surface area (Å²) < 4.78 is 0.